The lowest BCUT2D eigenvalue weighted by molar-refractivity contribution is -0.154. The first-order valence-corrected chi connectivity index (χ1v) is 23.8. The number of esters is 1. The van der Waals surface area contributed by atoms with Gasteiger partial charge in [0.25, 0.3) is 0 Å². The first kappa shape index (κ1) is 54.7. The zero-order valence-corrected chi connectivity index (χ0v) is 36.8. The molecule has 0 spiro atoms. The van der Waals surface area contributed by atoms with E-state index in [4.69, 9.17) is 29.4 Å². The summed E-state index contributed by atoms with van der Waals surface area (Å²) in [5, 5.41) is 8.89. The van der Waals surface area contributed by atoms with Gasteiger partial charge in [-0.2, -0.15) is 0 Å². The van der Waals surface area contributed by atoms with Crippen molar-refractivity contribution in [3.8, 4) is 0 Å². The number of carbonyl (C=O) groups excluding carboxylic acids is 1. The zero-order chi connectivity index (χ0) is 41.9. The van der Waals surface area contributed by atoms with Gasteiger partial charge in [-0.25, -0.2) is 4.57 Å². The monoisotopic (exact) mass is 824 g/mol. The Kier molecular flexibility index (Phi) is 40.1. The second-order valence-electron chi connectivity index (χ2n) is 14.8. The fourth-order valence-electron chi connectivity index (χ4n) is 5.87. The summed E-state index contributed by atoms with van der Waals surface area (Å²) in [6, 6.07) is -1.48. The van der Waals surface area contributed by atoms with E-state index in [0.29, 0.717) is 13.0 Å². The van der Waals surface area contributed by atoms with Gasteiger partial charge in [-0.1, -0.05) is 177 Å². The highest BCUT2D eigenvalue weighted by molar-refractivity contribution is 7.47. The summed E-state index contributed by atoms with van der Waals surface area (Å²) in [4.78, 5) is 33.5. The van der Waals surface area contributed by atoms with Crippen molar-refractivity contribution in [1.82, 2.24) is 0 Å². The number of hydrogen-bond donors (Lipinski definition) is 3. The van der Waals surface area contributed by atoms with E-state index in [9.17, 15) is 19.0 Å². The molecule has 3 unspecified atom stereocenters. The zero-order valence-electron chi connectivity index (χ0n) is 35.9. The third-order valence-electron chi connectivity index (χ3n) is 9.31. The van der Waals surface area contributed by atoms with E-state index >= 15 is 0 Å². The normalized spacial score (nSPS) is 14.5. The van der Waals surface area contributed by atoms with Gasteiger partial charge in [0, 0.05) is 13.0 Å². The number of aliphatic carboxylic acids is 1. The van der Waals surface area contributed by atoms with Crippen LogP contribution in [0.15, 0.2) is 60.8 Å². The Balaban J connectivity index is 4.21. The van der Waals surface area contributed by atoms with Crippen molar-refractivity contribution in [1.29, 1.82) is 0 Å². The second kappa shape index (κ2) is 41.8. The molecule has 0 saturated heterocycles. The quantitative estimate of drug-likeness (QED) is 0.0234. The topological polar surface area (TPSA) is 155 Å². The van der Waals surface area contributed by atoms with Crippen LogP contribution in [0.4, 0.5) is 0 Å². The Morgan fingerprint density at radius 2 is 1.02 bits per heavy atom. The molecular weight excluding hydrogens is 741 g/mol. The maximum Gasteiger partial charge on any atom is 0.472 e. The summed E-state index contributed by atoms with van der Waals surface area (Å²) in [6.07, 6.45) is 49.8. The first-order chi connectivity index (χ1) is 27.7. The molecule has 0 radical (unpaired) electrons. The molecule has 4 N–H and O–H groups in total. The predicted molar refractivity (Wildman–Crippen MR) is 235 cm³/mol. The lowest BCUT2D eigenvalue weighted by atomic mass is 10.1. The molecule has 0 bridgehead atoms. The standard InChI is InChI=1S/C46H82NO9P/c1-3-5-7-9-11-13-15-17-18-19-20-21-22-23-24-25-26-27-28-30-32-34-36-38-45(48)56-43(41-54-57(51,52)55-42-44(47)46(49)50)40-53-39-37-35-33-31-29-16-14-12-10-8-6-4-2/h5,7,11,13,17-18,20-21,23-24,43-44H,3-4,6,8-10,12,14-16,19,22,25-42,47H2,1-2H3,(H,49,50)(H,51,52)/b7-5-,13-11-,18-17-,21-20-,24-23-. The Morgan fingerprint density at radius 1 is 0.579 bits per heavy atom. The minimum atomic E-state index is -4.62. The van der Waals surface area contributed by atoms with E-state index in [-0.39, 0.29) is 13.0 Å². The lowest BCUT2D eigenvalue weighted by Gasteiger charge is -2.20. The highest BCUT2D eigenvalue weighted by atomic mass is 31.2. The summed E-state index contributed by atoms with van der Waals surface area (Å²) in [7, 11) is -4.62. The van der Waals surface area contributed by atoms with E-state index in [0.717, 1.165) is 77.0 Å². The predicted octanol–water partition coefficient (Wildman–Crippen LogP) is 12.4. The molecule has 0 aromatic carbocycles. The van der Waals surface area contributed by atoms with Crippen molar-refractivity contribution in [2.75, 3.05) is 26.4 Å². The molecule has 0 amide bonds. The molecule has 0 heterocycles. The summed E-state index contributed by atoms with van der Waals surface area (Å²) >= 11 is 0. The molecule has 0 aromatic rings. The summed E-state index contributed by atoms with van der Waals surface area (Å²) in [6.45, 7) is 3.75. The fourth-order valence-corrected chi connectivity index (χ4v) is 6.64. The molecule has 0 saturated carbocycles. The van der Waals surface area contributed by atoms with Crippen LogP contribution in [0.5, 0.6) is 0 Å². The number of carboxylic acids is 1. The Morgan fingerprint density at radius 3 is 1.53 bits per heavy atom. The number of ether oxygens (including phenoxy) is 2. The minimum Gasteiger partial charge on any atom is -0.480 e. The van der Waals surface area contributed by atoms with Crippen LogP contribution in [0.25, 0.3) is 0 Å². The SMILES string of the molecule is CC/C=C\C/C=C\C/C=C\C/C=C\C/C=C\CCCCCCCCCC(=O)OC(COCCCCCCCCCCCCCC)COP(=O)(O)OCC(N)C(=O)O. The maximum absolute atomic E-state index is 12.6. The van der Waals surface area contributed by atoms with Crippen LogP contribution in [-0.2, 0) is 32.7 Å². The van der Waals surface area contributed by atoms with Crippen molar-refractivity contribution in [3.63, 3.8) is 0 Å². The summed E-state index contributed by atoms with van der Waals surface area (Å²) in [5.41, 5.74) is 5.35. The Bertz CT molecular complexity index is 1140. The van der Waals surface area contributed by atoms with E-state index in [2.05, 4.69) is 74.6 Å². The molecule has 57 heavy (non-hydrogen) atoms. The number of allylic oxidation sites excluding steroid dienone is 10. The number of hydrogen-bond acceptors (Lipinski definition) is 8. The van der Waals surface area contributed by atoms with Crippen LogP contribution >= 0.6 is 7.82 Å². The molecule has 0 rings (SSSR count). The first-order valence-electron chi connectivity index (χ1n) is 22.3. The molecule has 10 nitrogen and oxygen atoms in total. The minimum absolute atomic E-state index is 0.0119. The van der Waals surface area contributed by atoms with E-state index < -0.39 is 45.1 Å². The molecule has 11 heteroatoms. The van der Waals surface area contributed by atoms with Gasteiger partial charge in [0.2, 0.25) is 0 Å². The van der Waals surface area contributed by atoms with Gasteiger partial charge >= 0.3 is 19.8 Å². The second-order valence-corrected chi connectivity index (χ2v) is 16.3. The van der Waals surface area contributed by atoms with Gasteiger partial charge in [0.15, 0.2) is 0 Å². The van der Waals surface area contributed by atoms with Gasteiger partial charge in [0.05, 0.1) is 19.8 Å². The van der Waals surface area contributed by atoms with E-state index in [1.54, 1.807) is 0 Å². The average molecular weight is 824 g/mol. The number of rotatable bonds is 42. The molecular formula is C46H82NO9P. The maximum atomic E-state index is 12.6. The Hall–Kier alpha value is -2.33. The van der Waals surface area contributed by atoms with Crippen molar-refractivity contribution in [2.45, 2.75) is 193 Å². The third kappa shape index (κ3) is 41.6. The van der Waals surface area contributed by atoms with Crippen molar-refractivity contribution in [2.24, 2.45) is 5.73 Å². The van der Waals surface area contributed by atoms with Gasteiger partial charge in [-0.3, -0.25) is 18.6 Å². The number of phosphoric ester groups is 1. The number of carboxylic acid groups (broad SMARTS) is 1. The van der Waals surface area contributed by atoms with Crippen LogP contribution in [0.1, 0.15) is 181 Å². The van der Waals surface area contributed by atoms with Crippen molar-refractivity contribution < 1.29 is 42.7 Å². The molecule has 0 aliphatic heterocycles. The van der Waals surface area contributed by atoms with Gasteiger partial charge < -0.3 is 25.2 Å². The van der Waals surface area contributed by atoms with Crippen LogP contribution in [-0.4, -0.2) is 60.5 Å². The van der Waals surface area contributed by atoms with Crippen LogP contribution < -0.4 is 5.73 Å². The largest absolute Gasteiger partial charge is 0.480 e. The van der Waals surface area contributed by atoms with Gasteiger partial charge in [-0.05, 0) is 57.8 Å². The highest BCUT2D eigenvalue weighted by Gasteiger charge is 2.27. The number of carbonyl (C=O) groups is 2. The fraction of sp³-hybridized carbons (Fsp3) is 0.739. The van der Waals surface area contributed by atoms with E-state index in [1.165, 1.54) is 77.0 Å². The lowest BCUT2D eigenvalue weighted by Crippen LogP contribution is -2.34. The molecule has 0 aromatic heterocycles. The molecule has 0 aliphatic carbocycles. The molecule has 0 aliphatic rings. The average Bonchev–Trinajstić information content (AvgIpc) is 3.19. The molecule has 3 atom stereocenters. The Labute approximate surface area is 347 Å². The highest BCUT2D eigenvalue weighted by Crippen LogP contribution is 2.43. The van der Waals surface area contributed by atoms with Crippen molar-refractivity contribution >= 4 is 19.8 Å². The molecule has 330 valence electrons. The number of nitrogens with two attached hydrogens (primary N) is 1. The van der Waals surface area contributed by atoms with Gasteiger partial charge in [0.1, 0.15) is 12.1 Å². The smallest absolute Gasteiger partial charge is 0.472 e. The van der Waals surface area contributed by atoms with Crippen molar-refractivity contribution in [3.05, 3.63) is 60.8 Å². The van der Waals surface area contributed by atoms with E-state index in [1.807, 2.05) is 0 Å². The summed E-state index contributed by atoms with van der Waals surface area (Å²) < 4.78 is 33.3. The third-order valence-corrected chi connectivity index (χ3v) is 10.3. The van der Waals surface area contributed by atoms with Crippen LogP contribution in [0.3, 0.4) is 0 Å². The summed E-state index contributed by atoms with van der Waals surface area (Å²) in [5.74, 6) is -1.79. The number of phosphoric acid groups is 1. The van der Waals surface area contributed by atoms with Gasteiger partial charge in [-0.15, -0.1) is 0 Å². The van der Waals surface area contributed by atoms with Crippen LogP contribution in [0, 0.1) is 0 Å². The van der Waals surface area contributed by atoms with Crippen LogP contribution in [0.2, 0.25) is 0 Å². The molecule has 0 fully saturated rings. The number of unbranched alkanes of at least 4 members (excludes halogenated alkanes) is 18.